The number of aromatic amines is 1. The number of hydrogen-bond donors (Lipinski definition) is 3. The summed E-state index contributed by atoms with van der Waals surface area (Å²) in [5.41, 5.74) is -0.0221. The van der Waals surface area contributed by atoms with E-state index in [2.05, 4.69) is 10.3 Å². The van der Waals surface area contributed by atoms with E-state index in [1.54, 1.807) is 0 Å². The maximum atomic E-state index is 13.5. The molecule has 0 saturated heterocycles. The number of aromatic carboxylic acids is 1. The van der Waals surface area contributed by atoms with Crippen molar-refractivity contribution in [3.63, 3.8) is 0 Å². The summed E-state index contributed by atoms with van der Waals surface area (Å²) in [6.45, 7) is 0. The van der Waals surface area contributed by atoms with E-state index in [9.17, 15) is 14.0 Å². The molecule has 0 spiro atoms. The average Bonchev–Trinajstić information content (AvgIpc) is 2.77. The fraction of sp³-hybridized carbons (Fsp3) is 0. The Kier molecular flexibility index (Phi) is 3.52. The highest BCUT2D eigenvalue weighted by molar-refractivity contribution is 6.30. The van der Waals surface area contributed by atoms with Crippen molar-refractivity contribution in [2.24, 2.45) is 0 Å². The van der Waals surface area contributed by atoms with Crippen molar-refractivity contribution < 1.29 is 19.1 Å². The van der Waals surface area contributed by atoms with Crippen molar-refractivity contribution in [1.29, 1.82) is 0 Å². The van der Waals surface area contributed by atoms with E-state index in [-0.39, 0.29) is 22.0 Å². The van der Waals surface area contributed by atoms with Crippen LogP contribution < -0.4 is 5.32 Å². The number of carbonyl (C=O) groups excluding carboxylic acids is 1. The SMILES string of the molecule is O=C(O)c1cc(NC(=O)c2ccc(Cl)cc2F)c[nH]1. The van der Waals surface area contributed by atoms with E-state index in [0.29, 0.717) is 0 Å². The molecule has 0 aliphatic carbocycles. The molecule has 0 aliphatic rings. The van der Waals surface area contributed by atoms with Gasteiger partial charge in [0.25, 0.3) is 5.91 Å². The third-order valence-corrected chi connectivity index (χ3v) is 2.58. The average molecular weight is 283 g/mol. The van der Waals surface area contributed by atoms with Crippen LogP contribution in [0.3, 0.4) is 0 Å². The summed E-state index contributed by atoms with van der Waals surface area (Å²) in [5, 5.41) is 11.3. The molecule has 0 fully saturated rings. The van der Waals surface area contributed by atoms with Crippen molar-refractivity contribution in [1.82, 2.24) is 4.98 Å². The van der Waals surface area contributed by atoms with Gasteiger partial charge in [-0.15, -0.1) is 0 Å². The molecule has 1 aromatic carbocycles. The lowest BCUT2D eigenvalue weighted by Crippen LogP contribution is -2.13. The molecule has 7 heteroatoms. The third kappa shape index (κ3) is 2.92. The second kappa shape index (κ2) is 5.11. The van der Waals surface area contributed by atoms with Gasteiger partial charge in [0.15, 0.2) is 0 Å². The fourth-order valence-corrected chi connectivity index (χ4v) is 1.62. The van der Waals surface area contributed by atoms with Gasteiger partial charge in [-0.1, -0.05) is 11.6 Å². The molecule has 0 atom stereocenters. The molecule has 1 heterocycles. The second-order valence-corrected chi connectivity index (χ2v) is 4.12. The van der Waals surface area contributed by atoms with Gasteiger partial charge in [-0.05, 0) is 24.3 Å². The van der Waals surface area contributed by atoms with Crippen LogP contribution in [0.1, 0.15) is 20.8 Å². The van der Waals surface area contributed by atoms with Gasteiger partial charge in [0.1, 0.15) is 11.5 Å². The number of rotatable bonds is 3. The summed E-state index contributed by atoms with van der Waals surface area (Å²) in [7, 11) is 0. The molecule has 0 bridgehead atoms. The predicted molar refractivity (Wildman–Crippen MR) is 67.1 cm³/mol. The Morgan fingerprint density at radius 2 is 2.05 bits per heavy atom. The van der Waals surface area contributed by atoms with Crippen LogP contribution in [-0.4, -0.2) is 22.0 Å². The minimum absolute atomic E-state index is 0.0770. The first-order valence-corrected chi connectivity index (χ1v) is 5.53. The quantitative estimate of drug-likeness (QED) is 0.809. The number of aromatic nitrogens is 1. The highest BCUT2D eigenvalue weighted by Crippen LogP contribution is 2.17. The Hall–Kier alpha value is -2.34. The maximum Gasteiger partial charge on any atom is 0.352 e. The van der Waals surface area contributed by atoms with Gasteiger partial charge < -0.3 is 15.4 Å². The number of benzene rings is 1. The molecule has 98 valence electrons. The Labute approximate surface area is 112 Å². The molecular formula is C12H8ClFN2O3. The van der Waals surface area contributed by atoms with Crippen LogP contribution >= 0.6 is 11.6 Å². The Bertz CT molecular complexity index is 654. The lowest BCUT2D eigenvalue weighted by molar-refractivity contribution is 0.0691. The van der Waals surface area contributed by atoms with Gasteiger partial charge in [-0.2, -0.15) is 0 Å². The minimum atomic E-state index is -1.15. The molecule has 0 radical (unpaired) electrons. The van der Waals surface area contributed by atoms with Crippen LogP contribution in [0.25, 0.3) is 0 Å². The molecule has 2 aromatic rings. The van der Waals surface area contributed by atoms with Gasteiger partial charge in [0.05, 0.1) is 11.3 Å². The number of carbonyl (C=O) groups is 2. The monoisotopic (exact) mass is 282 g/mol. The number of carboxylic acid groups (broad SMARTS) is 1. The number of carboxylic acids is 1. The van der Waals surface area contributed by atoms with Crippen molar-refractivity contribution in [2.75, 3.05) is 5.32 Å². The zero-order chi connectivity index (χ0) is 14.0. The number of halogens is 2. The first kappa shape index (κ1) is 13.1. The summed E-state index contributed by atoms with van der Waals surface area (Å²) in [6.07, 6.45) is 1.30. The molecule has 2 rings (SSSR count). The fourth-order valence-electron chi connectivity index (χ4n) is 1.46. The summed E-state index contributed by atoms with van der Waals surface area (Å²) < 4.78 is 13.5. The van der Waals surface area contributed by atoms with Crippen LogP contribution in [-0.2, 0) is 0 Å². The second-order valence-electron chi connectivity index (χ2n) is 3.69. The van der Waals surface area contributed by atoms with E-state index < -0.39 is 17.7 Å². The van der Waals surface area contributed by atoms with Crippen molar-refractivity contribution in [3.05, 3.63) is 52.6 Å². The Balaban J connectivity index is 2.18. The van der Waals surface area contributed by atoms with Crippen molar-refractivity contribution in [3.8, 4) is 0 Å². The lowest BCUT2D eigenvalue weighted by Gasteiger charge is -2.04. The minimum Gasteiger partial charge on any atom is -0.477 e. The molecule has 1 amide bonds. The first-order chi connectivity index (χ1) is 8.97. The number of amides is 1. The normalized spacial score (nSPS) is 10.2. The van der Waals surface area contributed by atoms with Crippen LogP contribution in [0.4, 0.5) is 10.1 Å². The molecular weight excluding hydrogens is 275 g/mol. The maximum absolute atomic E-state index is 13.5. The van der Waals surface area contributed by atoms with E-state index in [1.165, 1.54) is 24.4 Å². The molecule has 1 aromatic heterocycles. The van der Waals surface area contributed by atoms with Crippen LogP contribution in [0.5, 0.6) is 0 Å². The van der Waals surface area contributed by atoms with Crippen LogP contribution in [0, 0.1) is 5.82 Å². The zero-order valence-electron chi connectivity index (χ0n) is 9.41. The summed E-state index contributed by atoms with van der Waals surface area (Å²) in [4.78, 5) is 24.9. The van der Waals surface area contributed by atoms with Crippen LogP contribution in [0.15, 0.2) is 30.5 Å². The smallest absolute Gasteiger partial charge is 0.352 e. The molecule has 0 unspecified atom stereocenters. The van der Waals surface area contributed by atoms with Gasteiger partial charge in [-0.3, -0.25) is 4.79 Å². The van der Waals surface area contributed by atoms with Gasteiger partial charge in [0, 0.05) is 11.2 Å². The first-order valence-electron chi connectivity index (χ1n) is 5.15. The molecule has 0 aliphatic heterocycles. The highest BCUT2D eigenvalue weighted by atomic mass is 35.5. The zero-order valence-corrected chi connectivity index (χ0v) is 10.2. The molecule has 0 saturated carbocycles. The Morgan fingerprint density at radius 1 is 1.32 bits per heavy atom. The predicted octanol–water partition coefficient (Wildman–Crippen LogP) is 2.76. The molecule has 5 nitrogen and oxygen atoms in total. The van der Waals surface area contributed by atoms with E-state index >= 15 is 0 Å². The topological polar surface area (TPSA) is 82.2 Å². The van der Waals surface area contributed by atoms with Gasteiger partial charge in [-0.25, -0.2) is 9.18 Å². The number of nitrogens with one attached hydrogen (secondary N) is 2. The van der Waals surface area contributed by atoms with E-state index in [4.69, 9.17) is 16.7 Å². The largest absolute Gasteiger partial charge is 0.477 e. The molecule has 19 heavy (non-hydrogen) atoms. The Morgan fingerprint density at radius 3 is 2.63 bits per heavy atom. The van der Waals surface area contributed by atoms with E-state index in [0.717, 1.165) is 6.07 Å². The highest BCUT2D eigenvalue weighted by Gasteiger charge is 2.14. The van der Waals surface area contributed by atoms with E-state index in [1.807, 2.05) is 0 Å². The third-order valence-electron chi connectivity index (χ3n) is 2.35. The van der Waals surface area contributed by atoms with Crippen molar-refractivity contribution >= 4 is 29.2 Å². The van der Waals surface area contributed by atoms with Crippen LogP contribution in [0.2, 0.25) is 5.02 Å². The summed E-state index contributed by atoms with van der Waals surface area (Å²) in [6, 6.07) is 4.89. The lowest BCUT2D eigenvalue weighted by atomic mass is 10.2. The number of anilines is 1. The van der Waals surface area contributed by atoms with Gasteiger partial charge >= 0.3 is 5.97 Å². The summed E-state index contributed by atoms with van der Waals surface area (Å²) >= 11 is 5.58. The standard InChI is InChI=1S/C12H8ClFN2O3/c13-6-1-2-8(9(14)3-6)11(17)16-7-4-10(12(18)19)15-5-7/h1-5,15H,(H,16,17)(H,18,19). The van der Waals surface area contributed by atoms with Gasteiger partial charge in [0.2, 0.25) is 0 Å². The molecule has 3 N–H and O–H groups in total. The number of H-pyrrole nitrogens is 1. The summed E-state index contributed by atoms with van der Waals surface area (Å²) in [5.74, 6) is -2.60. The number of hydrogen-bond acceptors (Lipinski definition) is 2. The van der Waals surface area contributed by atoms with Crippen molar-refractivity contribution in [2.45, 2.75) is 0 Å².